The highest BCUT2D eigenvalue weighted by molar-refractivity contribution is 6.22. The molecule has 1 aromatic heterocycles. The lowest BCUT2D eigenvalue weighted by Crippen LogP contribution is -2.27. The van der Waals surface area contributed by atoms with Crippen LogP contribution in [0.5, 0.6) is 0 Å². The molecule has 0 saturated heterocycles. The average Bonchev–Trinajstić information content (AvgIpc) is 2.84. The number of fused-ring (bicyclic) bond motifs is 4. The maximum absolute atomic E-state index is 12.7. The van der Waals surface area contributed by atoms with Crippen molar-refractivity contribution in [2.24, 2.45) is 0 Å². The summed E-state index contributed by atoms with van der Waals surface area (Å²) in [5, 5.41) is 0. The molecule has 1 aliphatic rings. The molecular formula is C17H12N2O2. The monoisotopic (exact) mass is 276 g/mol. The van der Waals surface area contributed by atoms with Crippen molar-refractivity contribution in [3.05, 3.63) is 64.5 Å². The third kappa shape index (κ3) is 1.47. The molecule has 4 heteroatoms. The second kappa shape index (κ2) is 3.88. The van der Waals surface area contributed by atoms with E-state index in [0.29, 0.717) is 22.2 Å². The molecule has 0 aliphatic carbocycles. The first-order valence-electron chi connectivity index (χ1n) is 6.76. The molecule has 0 bridgehead atoms. The van der Waals surface area contributed by atoms with Gasteiger partial charge in [0.25, 0.3) is 5.91 Å². The molecule has 4 nitrogen and oxygen atoms in total. The first-order chi connectivity index (χ1) is 10.1. The van der Waals surface area contributed by atoms with Gasteiger partial charge in [-0.25, -0.2) is 4.98 Å². The maximum atomic E-state index is 12.7. The Bertz CT molecular complexity index is 951. The quantitative estimate of drug-likeness (QED) is 0.496. The van der Waals surface area contributed by atoms with E-state index in [1.54, 1.807) is 24.3 Å². The van der Waals surface area contributed by atoms with Crippen LogP contribution in [0.2, 0.25) is 0 Å². The highest BCUT2D eigenvalue weighted by Crippen LogP contribution is 2.28. The Labute approximate surface area is 121 Å². The van der Waals surface area contributed by atoms with Crippen LogP contribution in [0.25, 0.3) is 11.0 Å². The van der Waals surface area contributed by atoms with Gasteiger partial charge in [0, 0.05) is 5.56 Å². The molecule has 3 aromatic rings. The Morgan fingerprint density at radius 1 is 0.952 bits per heavy atom. The number of nitrogens with zero attached hydrogens (tertiary/aromatic N) is 2. The van der Waals surface area contributed by atoms with Crippen molar-refractivity contribution < 1.29 is 9.59 Å². The molecule has 21 heavy (non-hydrogen) atoms. The summed E-state index contributed by atoms with van der Waals surface area (Å²) in [5.74, 6) is -0.179. The first kappa shape index (κ1) is 12.0. The average molecular weight is 276 g/mol. The predicted molar refractivity (Wildman–Crippen MR) is 78.8 cm³/mol. The largest absolute Gasteiger partial charge is 0.285 e. The molecule has 102 valence electrons. The Morgan fingerprint density at radius 2 is 1.62 bits per heavy atom. The second-order valence-electron chi connectivity index (χ2n) is 5.38. The topological polar surface area (TPSA) is 52.0 Å². The molecular weight excluding hydrogens is 264 g/mol. The molecule has 2 heterocycles. The van der Waals surface area contributed by atoms with Crippen molar-refractivity contribution in [3.63, 3.8) is 0 Å². The van der Waals surface area contributed by atoms with Crippen molar-refractivity contribution in [2.75, 3.05) is 0 Å². The van der Waals surface area contributed by atoms with Crippen LogP contribution in [0.1, 0.15) is 37.7 Å². The van der Waals surface area contributed by atoms with Crippen molar-refractivity contribution in [1.82, 2.24) is 9.55 Å². The van der Waals surface area contributed by atoms with Gasteiger partial charge < -0.3 is 0 Å². The lowest BCUT2D eigenvalue weighted by Gasteiger charge is -2.15. The molecule has 0 fully saturated rings. The minimum Gasteiger partial charge on any atom is -0.285 e. The zero-order valence-corrected chi connectivity index (χ0v) is 11.7. The van der Waals surface area contributed by atoms with Crippen LogP contribution in [-0.2, 0) is 0 Å². The van der Waals surface area contributed by atoms with Crippen LogP contribution in [0.3, 0.4) is 0 Å². The van der Waals surface area contributed by atoms with Crippen LogP contribution in [0, 0.1) is 13.8 Å². The predicted octanol–water partition coefficient (Wildman–Crippen LogP) is 2.89. The number of ketones is 1. The highest BCUT2D eigenvalue weighted by atomic mass is 16.2. The summed E-state index contributed by atoms with van der Waals surface area (Å²) in [6.07, 6.45) is 0. The number of aryl methyl sites for hydroxylation is 2. The molecule has 0 radical (unpaired) electrons. The van der Waals surface area contributed by atoms with E-state index in [2.05, 4.69) is 4.98 Å². The summed E-state index contributed by atoms with van der Waals surface area (Å²) in [6.45, 7) is 3.98. The molecule has 0 atom stereocenters. The van der Waals surface area contributed by atoms with Crippen LogP contribution >= 0.6 is 0 Å². The third-order valence-electron chi connectivity index (χ3n) is 4.08. The van der Waals surface area contributed by atoms with E-state index >= 15 is 0 Å². The van der Waals surface area contributed by atoms with Crippen molar-refractivity contribution in [3.8, 4) is 0 Å². The Kier molecular flexibility index (Phi) is 2.22. The van der Waals surface area contributed by atoms with E-state index in [-0.39, 0.29) is 17.5 Å². The zero-order chi connectivity index (χ0) is 14.7. The number of hydrogen-bond donors (Lipinski definition) is 0. The lowest BCUT2D eigenvalue weighted by atomic mass is 9.99. The molecule has 0 amide bonds. The fourth-order valence-corrected chi connectivity index (χ4v) is 2.80. The van der Waals surface area contributed by atoms with Crippen molar-refractivity contribution >= 4 is 22.7 Å². The minimum atomic E-state index is -0.197. The van der Waals surface area contributed by atoms with Gasteiger partial charge in [0.15, 0.2) is 5.82 Å². The second-order valence-corrected chi connectivity index (χ2v) is 5.38. The van der Waals surface area contributed by atoms with E-state index in [9.17, 15) is 9.59 Å². The molecule has 0 unspecified atom stereocenters. The molecule has 0 saturated carbocycles. The van der Waals surface area contributed by atoms with Crippen molar-refractivity contribution in [2.45, 2.75) is 13.8 Å². The van der Waals surface area contributed by atoms with E-state index in [1.807, 2.05) is 26.0 Å². The van der Waals surface area contributed by atoms with Gasteiger partial charge in [-0.05, 0) is 43.2 Å². The zero-order valence-electron chi connectivity index (χ0n) is 11.7. The molecule has 0 N–H and O–H groups in total. The van der Waals surface area contributed by atoms with Gasteiger partial charge in [-0.3, -0.25) is 14.2 Å². The van der Waals surface area contributed by atoms with Gasteiger partial charge >= 0.3 is 0 Å². The van der Waals surface area contributed by atoms with Crippen LogP contribution in [0.15, 0.2) is 36.4 Å². The summed E-state index contributed by atoms with van der Waals surface area (Å²) in [6, 6.07) is 10.7. The van der Waals surface area contributed by atoms with Gasteiger partial charge in [-0.2, -0.15) is 0 Å². The molecule has 0 spiro atoms. The Hall–Kier alpha value is -2.75. The first-order valence-corrected chi connectivity index (χ1v) is 6.76. The van der Waals surface area contributed by atoms with Gasteiger partial charge in [-0.1, -0.05) is 18.2 Å². The van der Waals surface area contributed by atoms with Gasteiger partial charge in [0.05, 0.1) is 16.6 Å². The maximum Gasteiger partial charge on any atom is 0.264 e. The lowest BCUT2D eigenvalue weighted by molar-refractivity contribution is 0.0911. The number of hydrogen-bond acceptors (Lipinski definition) is 3. The van der Waals surface area contributed by atoms with Gasteiger partial charge in [0.1, 0.15) is 0 Å². The van der Waals surface area contributed by atoms with E-state index in [1.165, 1.54) is 4.57 Å². The smallest absolute Gasteiger partial charge is 0.264 e. The van der Waals surface area contributed by atoms with E-state index in [0.717, 1.165) is 11.1 Å². The van der Waals surface area contributed by atoms with E-state index < -0.39 is 0 Å². The summed E-state index contributed by atoms with van der Waals surface area (Å²) in [5.41, 5.74) is 4.41. The third-order valence-corrected chi connectivity index (χ3v) is 4.08. The molecule has 1 aliphatic heterocycles. The normalized spacial score (nSPS) is 13.4. The number of benzene rings is 2. The Balaban J connectivity index is 2.11. The van der Waals surface area contributed by atoms with E-state index in [4.69, 9.17) is 0 Å². The van der Waals surface area contributed by atoms with Crippen LogP contribution < -0.4 is 0 Å². The summed E-state index contributed by atoms with van der Waals surface area (Å²) in [7, 11) is 0. The molecule has 4 rings (SSSR count). The highest BCUT2D eigenvalue weighted by Gasteiger charge is 2.32. The molecule has 2 aromatic carbocycles. The summed E-state index contributed by atoms with van der Waals surface area (Å²) >= 11 is 0. The van der Waals surface area contributed by atoms with Crippen LogP contribution in [-0.4, -0.2) is 21.2 Å². The Morgan fingerprint density at radius 3 is 2.38 bits per heavy atom. The van der Waals surface area contributed by atoms with Gasteiger partial charge in [0.2, 0.25) is 5.78 Å². The van der Waals surface area contributed by atoms with Gasteiger partial charge in [-0.15, -0.1) is 0 Å². The fourth-order valence-electron chi connectivity index (χ4n) is 2.80. The summed E-state index contributed by atoms with van der Waals surface area (Å²) < 4.78 is 1.44. The van der Waals surface area contributed by atoms with Crippen LogP contribution in [0.4, 0.5) is 0 Å². The SMILES string of the molecule is Cc1cc2nc3n(c2cc1C)C(=O)c1ccccc1C3=O. The summed E-state index contributed by atoms with van der Waals surface area (Å²) in [4.78, 5) is 29.6. The standard InChI is InChI=1S/C17H12N2O2/c1-9-7-13-14(8-10(9)2)19-16(18-13)15(20)11-5-3-4-6-12(11)17(19)21/h3-8H,1-2H3. The number of carbonyl (C=O) groups is 2. The number of aromatic nitrogens is 2. The number of carbonyl (C=O) groups excluding carboxylic acids is 2. The minimum absolute atomic E-state index is 0.189. The number of imidazole rings is 1. The fraction of sp³-hybridized carbons (Fsp3) is 0.118. The number of rotatable bonds is 0. The van der Waals surface area contributed by atoms with Crippen molar-refractivity contribution in [1.29, 1.82) is 0 Å².